The third-order valence-electron chi connectivity index (χ3n) is 4.60. The van der Waals surface area contributed by atoms with Crippen LogP contribution in [0, 0.1) is 5.82 Å². The van der Waals surface area contributed by atoms with Crippen LogP contribution in [0.15, 0.2) is 48.8 Å². The Kier molecular flexibility index (Phi) is 10.3. The summed E-state index contributed by atoms with van der Waals surface area (Å²) in [5.74, 6) is 0.571. The zero-order valence-electron chi connectivity index (χ0n) is 18.7. The van der Waals surface area contributed by atoms with Gasteiger partial charge >= 0.3 is 65.2 Å². The number of nitrogens with zero attached hydrogens (tertiary/aromatic N) is 4. The Balaban J connectivity index is 0.00000204. The second-order valence-electron chi connectivity index (χ2n) is 6.96. The fourth-order valence-corrected chi connectivity index (χ4v) is 3.49. The van der Waals surface area contributed by atoms with Crippen molar-refractivity contribution in [2.45, 2.75) is 6.10 Å². The number of amides is 1. The van der Waals surface area contributed by atoms with E-state index in [9.17, 15) is 23.5 Å². The summed E-state index contributed by atoms with van der Waals surface area (Å²) < 4.78 is 36.1. The van der Waals surface area contributed by atoms with Gasteiger partial charge in [-0.25, -0.2) is 14.2 Å². The van der Waals surface area contributed by atoms with Crippen molar-refractivity contribution in [1.82, 2.24) is 14.8 Å². The Morgan fingerprint density at radius 3 is 2.59 bits per heavy atom. The molecule has 0 saturated carbocycles. The first kappa shape index (κ1) is 28.9. The molecule has 1 aliphatic heterocycles. The molecular formula is C19H17FN5Na2O6P. The van der Waals surface area contributed by atoms with Gasteiger partial charge in [-0.15, -0.1) is 0 Å². The van der Waals surface area contributed by atoms with Gasteiger partial charge in [0.05, 0.1) is 26.7 Å². The topological polar surface area (TPSA) is 145 Å². The molecule has 1 aromatic carbocycles. The number of aromatic nitrogens is 3. The van der Waals surface area contributed by atoms with Crippen molar-refractivity contribution in [3.05, 3.63) is 54.6 Å². The zero-order valence-corrected chi connectivity index (χ0v) is 23.6. The SMILES string of the molecule is Cn1ccc(Nc2ccc(-c3ccc(N4C[C@H](COP(=O)([O-])[O-])OC4=O)cc3F)cn2)n1.[Na+].[Na+]. The summed E-state index contributed by atoms with van der Waals surface area (Å²) in [6, 6.07) is 9.34. The Bertz CT molecular complexity index is 1190. The second kappa shape index (κ2) is 12.1. The minimum atomic E-state index is -5.19. The maximum Gasteiger partial charge on any atom is 1.00 e. The van der Waals surface area contributed by atoms with Crippen LogP contribution in [0.5, 0.6) is 0 Å². The van der Waals surface area contributed by atoms with Gasteiger partial charge in [0.2, 0.25) is 0 Å². The van der Waals surface area contributed by atoms with E-state index in [0.29, 0.717) is 17.2 Å². The van der Waals surface area contributed by atoms with Crippen molar-refractivity contribution >= 4 is 31.2 Å². The van der Waals surface area contributed by atoms with Crippen LogP contribution in [0.25, 0.3) is 11.1 Å². The van der Waals surface area contributed by atoms with E-state index in [1.165, 1.54) is 18.3 Å². The number of aryl methyl sites for hydroxylation is 1. The van der Waals surface area contributed by atoms with Gasteiger partial charge in [-0.1, -0.05) is 0 Å². The van der Waals surface area contributed by atoms with Crippen molar-refractivity contribution in [2.75, 3.05) is 23.4 Å². The molecule has 168 valence electrons. The van der Waals surface area contributed by atoms with Crippen molar-refractivity contribution in [3.8, 4) is 11.1 Å². The van der Waals surface area contributed by atoms with Crippen LogP contribution in [-0.2, 0) is 20.9 Å². The number of nitrogens with one attached hydrogen (secondary N) is 1. The zero-order chi connectivity index (χ0) is 22.9. The van der Waals surface area contributed by atoms with Gasteiger partial charge in [-0.3, -0.25) is 9.58 Å². The van der Waals surface area contributed by atoms with Crippen molar-refractivity contribution < 1.29 is 91.9 Å². The molecule has 3 heterocycles. The van der Waals surface area contributed by atoms with Gasteiger partial charge < -0.3 is 28.9 Å². The fourth-order valence-electron chi connectivity index (χ4n) is 3.14. The first-order valence-corrected chi connectivity index (χ1v) is 10.8. The molecule has 1 N–H and O–H groups in total. The van der Waals surface area contributed by atoms with E-state index in [-0.39, 0.29) is 76.9 Å². The molecule has 15 heteroatoms. The molecule has 0 spiro atoms. The first-order valence-electron chi connectivity index (χ1n) is 9.35. The average molecular weight is 507 g/mol. The molecule has 1 amide bonds. The summed E-state index contributed by atoms with van der Waals surface area (Å²) in [5, 5.41) is 7.22. The van der Waals surface area contributed by atoms with Crippen molar-refractivity contribution in [1.29, 1.82) is 0 Å². The Morgan fingerprint density at radius 1 is 1.24 bits per heavy atom. The van der Waals surface area contributed by atoms with Crippen LogP contribution in [0.2, 0.25) is 0 Å². The van der Waals surface area contributed by atoms with Gasteiger partial charge in [0.1, 0.15) is 17.7 Å². The average Bonchev–Trinajstić information content (AvgIpc) is 3.31. The van der Waals surface area contributed by atoms with Crippen LogP contribution in [-0.4, -0.2) is 40.1 Å². The number of halogens is 1. The Labute approximate surface area is 238 Å². The molecular weight excluding hydrogens is 490 g/mol. The third-order valence-corrected chi connectivity index (χ3v) is 5.07. The number of carbonyl (C=O) groups is 1. The monoisotopic (exact) mass is 507 g/mol. The first-order chi connectivity index (χ1) is 15.2. The minimum absolute atomic E-state index is 0. The molecule has 0 radical (unpaired) electrons. The maximum atomic E-state index is 14.8. The smallest absolute Gasteiger partial charge is 0.790 e. The molecule has 11 nitrogen and oxygen atoms in total. The molecule has 1 atom stereocenters. The molecule has 34 heavy (non-hydrogen) atoms. The number of ether oxygens (including phenoxy) is 1. The van der Waals surface area contributed by atoms with E-state index in [1.54, 1.807) is 36.1 Å². The second-order valence-corrected chi connectivity index (χ2v) is 8.11. The number of hydrogen-bond acceptors (Lipinski definition) is 9. The summed E-state index contributed by atoms with van der Waals surface area (Å²) >= 11 is 0. The number of cyclic esters (lactones) is 1. The summed E-state index contributed by atoms with van der Waals surface area (Å²) in [6.07, 6.45) is 1.52. The van der Waals surface area contributed by atoms with Gasteiger partial charge in [-0.05, 0) is 30.3 Å². The van der Waals surface area contributed by atoms with E-state index in [0.717, 1.165) is 11.0 Å². The van der Waals surface area contributed by atoms with E-state index < -0.39 is 32.4 Å². The van der Waals surface area contributed by atoms with Gasteiger partial charge in [0, 0.05) is 36.6 Å². The summed E-state index contributed by atoms with van der Waals surface area (Å²) in [4.78, 5) is 38.6. The Hall–Kier alpha value is -1.31. The molecule has 0 bridgehead atoms. The summed E-state index contributed by atoms with van der Waals surface area (Å²) in [6.45, 7) is -0.690. The van der Waals surface area contributed by atoms with Gasteiger partial charge in [0.25, 0.3) is 0 Å². The van der Waals surface area contributed by atoms with Crippen LogP contribution in [0.4, 0.5) is 26.5 Å². The van der Waals surface area contributed by atoms with E-state index in [4.69, 9.17) is 4.74 Å². The number of anilines is 3. The number of benzene rings is 1. The quantitative estimate of drug-likeness (QED) is 0.247. The fraction of sp³-hybridized carbons (Fsp3) is 0.211. The largest absolute Gasteiger partial charge is 1.00 e. The number of hydrogen-bond donors (Lipinski definition) is 1. The predicted molar refractivity (Wildman–Crippen MR) is 107 cm³/mol. The van der Waals surface area contributed by atoms with Crippen molar-refractivity contribution in [2.24, 2.45) is 7.05 Å². The molecule has 4 rings (SSSR count). The molecule has 3 aromatic rings. The summed E-state index contributed by atoms with van der Waals surface area (Å²) in [5.41, 5.74) is 1.02. The molecule has 1 saturated heterocycles. The van der Waals surface area contributed by atoms with E-state index in [1.807, 2.05) is 0 Å². The van der Waals surface area contributed by atoms with Crippen LogP contribution in [0.3, 0.4) is 0 Å². The Morgan fingerprint density at radius 2 is 2.00 bits per heavy atom. The van der Waals surface area contributed by atoms with E-state index >= 15 is 0 Å². The number of phosphoric ester groups is 1. The van der Waals surface area contributed by atoms with Crippen molar-refractivity contribution in [3.63, 3.8) is 0 Å². The van der Waals surface area contributed by atoms with Gasteiger partial charge in [0.15, 0.2) is 5.82 Å². The molecule has 1 fully saturated rings. The van der Waals surface area contributed by atoms with E-state index in [2.05, 4.69) is 19.9 Å². The maximum absolute atomic E-state index is 14.8. The molecule has 2 aromatic heterocycles. The van der Waals surface area contributed by atoms with Crippen LogP contribution >= 0.6 is 7.82 Å². The van der Waals surface area contributed by atoms with Crippen LogP contribution in [0.1, 0.15) is 0 Å². The standard InChI is InChI=1S/C19H19FN5O6P.2Na/c1-24-7-6-18(23-24)22-17-5-2-12(9-21-17)15-4-3-13(8-16(15)20)25-10-14(31-19(25)26)11-30-32(27,28)29;;/h2-9,14H,10-11H2,1H3,(H,21,22,23)(H2,27,28,29);;/q;2*+1/p-2/t14-;;/m1../s1. The normalized spacial score (nSPS) is 15.4. The number of pyridine rings is 1. The predicted octanol–water partition coefficient (Wildman–Crippen LogP) is -4.46. The summed E-state index contributed by atoms with van der Waals surface area (Å²) in [7, 11) is -3.39. The number of rotatable bonds is 7. The molecule has 1 aliphatic rings. The number of carbonyl (C=O) groups excluding carboxylic acids is 1. The van der Waals surface area contributed by atoms with Gasteiger partial charge in [-0.2, -0.15) is 5.10 Å². The number of phosphoric acid groups is 1. The minimum Gasteiger partial charge on any atom is -0.790 e. The third kappa shape index (κ3) is 7.34. The molecule has 0 aliphatic carbocycles. The molecule has 0 unspecified atom stereocenters. The van der Waals surface area contributed by atoms with Crippen LogP contribution < -0.4 is 79.1 Å².